The number of hydrazine groups is 1. The highest BCUT2D eigenvalue weighted by atomic mass is 32.2. The average Bonchev–Trinajstić information content (AvgIpc) is 3.56. The molecule has 0 saturated heterocycles. The highest BCUT2D eigenvalue weighted by Gasteiger charge is 2.34. The van der Waals surface area contributed by atoms with Crippen LogP contribution in [-0.4, -0.2) is 5.25 Å². The molecule has 0 aromatic heterocycles. The highest BCUT2D eigenvalue weighted by Crippen LogP contribution is 2.52. The first kappa shape index (κ1) is 35.1. The van der Waals surface area contributed by atoms with Crippen molar-refractivity contribution in [1.29, 1.82) is 0 Å². The third kappa shape index (κ3) is 8.08. The molecule has 3 aliphatic carbocycles. The molecule has 0 radical (unpaired) electrons. The number of fused-ring (bicyclic) bond motifs is 5. The minimum absolute atomic E-state index is 0.0350. The summed E-state index contributed by atoms with van der Waals surface area (Å²) in [6.07, 6.45) is 24.4. The fourth-order valence-corrected chi connectivity index (χ4v) is 8.20. The van der Waals surface area contributed by atoms with Crippen molar-refractivity contribution in [2.24, 2.45) is 23.3 Å². The van der Waals surface area contributed by atoms with Gasteiger partial charge >= 0.3 is 0 Å². The van der Waals surface area contributed by atoms with Gasteiger partial charge in [0.1, 0.15) is 0 Å². The molecular formula is C44H49N3S. The zero-order valence-corrected chi connectivity index (χ0v) is 29.2. The predicted octanol–water partition coefficient (Wildman–Crippen LogP) is 10.7. The third-order valence-corrected chi connectivity index (χ3v) is 10.5. The molecule has 0 bridgehead atoms. The lowest BCUT2D eigenvalue weighted by molar-refractivity contribution is 0.756. The summed E-state index contributed by atoms with van der Waals surface area (Å²) in [5.41, 5.74) is 15.5. The van der Waals surface area contributed by atoms with Crippen LogP contribution in [0.2, 0.25) is 0 Å². The van der Waals surface area contributed by atoms with Gasteiger partial charge in [-0.05, 0) is 70.4 Å². The molecule has 0 saturated carbocycles. The predicted molar refractivity (Wildman–Crippen MR) is 210 cm³/mol. The fourth-order valence-electron chi connectivity index (χ4n) is 6.75. The van der Waals surface area contributed by atoms with Gasteiger partial charge in [-0.25, -0.2) is 0 Å². The molecule has 0 amide bonds. The number of nitrogens with two attached hydrogens (primary N) is 3. The maximum Gasteiger partial charge on any atom is 0.0548 e. The molecule has 4 atom stereocenters. The van der Waals surface area contributed by atoms with E-state index in [9.17, 15) is 0 Å². The van der Waals surface area contributed by atoms with Crippen LogP contribution in [0.5, 0.6) is 0 Å². The fraction of sp³-hybridized carbons (Fsp3) is 0.227. The molecule has 48 heavy (non-hydrogen) atoms. The first-order chi connectivity index (χ1) is 23.6. The summed E-state index contributed by atoms with van der Waals surface area (Å²) in [5.74, 6) is 8.94. The Kier molecular flexibility index (Phi) is 12.6. The summed E-state index contributed by atoms with van der Waals surface area (Å²) in [5, 5.41) is 3.27. The van der Waals surface area contributed by atoms with E-state index in [1.165, 1.54) is 54.6 Å². The van der Waals surface area contributed by atoms with Crippen molar-refractivity contribution < 1.29 is 0 Å². The minimum Gasteiger partial charge on any atom is -0.320 e. The maximum atomic E-state index is 6.15. The molecule has 8 rings (SSSR count). The van der Waals surface area contributed by atoms with Crippen molar-refractivity contribution in [1.82, 2.24) is 0 Å². The Morgan fingerprint density at radius 3 is 2.33 bits per heavy atom. The van der Waals surface area contributed by atoms with Crippen molar-refractivity contribution in [3.8, 4) is 0 Å². The van der Waals surface area contributed by atoms with Gasteiger partial charge in [0.15, 0.2) is 0 Å². The van der Waals surface area contributed by atoms with Gasteiger partial charge in [0.2, 0.25) is 0 Å². The van der Waals surface area contributed by atoms with Gasteiger partial charge in [-0.3, -0.25) is 11.7 Å². The first-order valence-electron chi connectivity index (χ1n) is 17.2. The van der Waals surface area contributed by atoms with E-state index in [1.807, 2.05) is 43.8 Å². The quantitative estimate of drug-likeness (QED) is 0.152. The molecule has 4 aromatic carbocycles. The normalized spacial score (nSPS) is 20.6. The van der Waals surface area contributed by atoms with Crippen LogP contribution >= 0.6 is 11.8 Å². The topological polar surface area (TPSA) is 78.1 Å². The van der Waals surface area contributed by atoms with Crippen LogP contribution in [0.3, 0.4) is 0 Å². The second-order valence-corrected chi connectivity index (χ2v) is 13.3. The standard InChI is InChI=1S/C29H24S.C13H15N.C2H6.H4N2/c1-19-6-4-8-21(16-19)22-9-5-10-23(17-22)24-13-15-28-27(18-24)26-14-12-20-7-2-3-11-25(20)29(26)30-28;14-13(11-7-3-1-4-8-11)12-9-5-2-6-10-12;2*1-2/h2-9,11-18,23,27-28H,10H2,1H3;1,3-5,7-10,13H,2,6,14H2;1-2H3;1-2H2. The third-order valence-electron chi connectivity index (χ3n) is 9.12. The van der Waals surface area contributed by atoms with Crippen molar-refractivity contribution in [3.63, 3.8) is 0 Å². The average molecular weight is 652 g/mol. The van der Waals surface area contributed by atoms with Gasteiger partial charge in [0.05, 0.1) is 6.04 Å². The van der Waals surface area contributed by atoms with Gasteiger partial charge in [-0.2, -0.15) is 0 Å². The Hall–Kier alpha value is -4.19. The maximum absolute atomic E-state index is 6.15. The van der Waals surface area contributed by atoms with Crippen LogP contribution in [0, 0.1) is 12.8 Å². The smallest absolute Gasteiger partial charge is 0.0548 e. The Bertz CT molecular complexity index is 1860. The number of allylic oxidation sites excluding steroid dienone is 9. The molecule has 3 nitrogen and oxygen atoms in total. The highest BCUT2D eigenvalue weighted by molar-refractivity contribution is 8.00. The lowest BCUT2D eigenvalue weighted by Gasteiger charge is -2.24. The van der Waals surface area contributed by atoms with Crippen LogP contribution in [0.4, 0.5) is 0 Å². The molecule has 0 fully saturated rings. The second kappa shape index (κ2) is 17.3. The van der Waals surface area contributed by atoms with Gasteiger partial charge in [-0.15, -0.1) is 11.8 Å². The number of hydrogen-bond acceptors (Lipinski definition) is 4. The van der Waals surface area contributed by atoms with Crippen LogP contribution in [-0.2, 0) is 0 Å². The largest absolute Gasteiger partial charge is 0.320 e. The van der Waals surface area contributed by atoms with Crippen molar-refractivity contribution >= 4 is 28.1 Å². The van der Waals surface area contributed by atoms with E-state index < -0.39 is 0 Å². The number of benzene rings is 4. The molecule has 6 N–H and O–H groups in total. The van der Waals surface area contributed by atoms with E-state index in [-0.39, 0.29) is 6.04 Å². The Balaban J connectivity index is 0.000000211. The van der Waals surface area contributed by atoms with Crippen molar-refractivity contribution in [2.45, 2.75) is 62.1 Å². The van der Waals surface area contributed by atoms with E-state index in [0.717, 1.165) is 19.3 Å². The molecule has 4 aliphatic rings. The van der Waals surface area contributed by atoms with Crippen LogP contribution in [0.1, 0.15) is 67.3 Å². The van der Waals surface area contributed by atoms with E-state index >= 15 is 0 Å². The van der Waals surface area contributed by atoms with Gasteiger partial charge < -0.3 is 5.73 Å². The molecule has 0 spiro atoms. The van der Waals surface area contributed by atoms with E-state index in [0.29, 0.717) is 17.1 Å². The van der Waals surface area contributed by atoms with E-state index in [1.54, 1.807) is 0 Å². The van der Waals surface area contributed by atoms with Gasteiger partial charge in [0.25, 0.3) is 0 Å². The number of rotatable bonds is 4. The Labute approximate surface area is 291 Å². The van der Waals surface area contributed by atoms with Crippen molar-refractivity contribution in [2.75, 3.05) is 0 Å². The second-order valence-electron chi connectivity index (χ2n) is 12.1. The zero-order chi connectivity index (χ0) is 33.9. The summed E-state index contributed by atoms with van der Waals surface area (Å²) in [4.78, 5) is 1.48. The summed E-state index contributed by atoms with van der Waals surface area (Å²) in [6.45, 7) is 6.17. The Morgan fingerprint density at radius 1 is 0.771 bits per heavy atom. The first-order valence-corrected chi connectivity index (χ1v) is 18.1. The van der Waals surface area contributed by atoms with Crippen LogP contribution in [0.25, 0.3) is 16.3 Å². The molecule has 4 aromatic rings. The van der Waals surface area contributed by atoms with Crippen LogP contribution in [0.15, 0.2) is 162 Å². The molecule has 1 aliphatic heterocycles. The zero-order valence-electron chi connectivity index (χ0n) is 28.4. The summed E-state index contributed by atoms with van der Waals surface area (Å²) in [6, 6.07) is 32.5. The molecule has 1 heterocycles. The Morgan fingerprint density at radius 2 is 1.56 bits per heavy atom. The lowest BCUT2D eigenvalue weighted by atomic mass is 9.81. The summed E-state index contributed by atoms with van der Waals surface area (Å²) in [7, 11) is 0. The van der Waals surface area contributed by atoms with E-state index in [4.69, 9.17) is 5.73 Å². The molecular weight excluding hydrogens is 603 g/mol. The number of hydrogen-bond donors (Lipinski definition) is 3. The molecule has 246 valence electrons. The van der Waals surface area contributed by atoms with Gasteiger partial charge in [0, 0.05) is 22.0 Å². The lowest BCUT2D eigenvalue weighted by Crippen LogP contribution is -2.13. The number of thioether (sulfide) groups is 1. The summed E-state index contributed by atoms with van der Waals surface area (Å²) >= 11 is 2.04. The minimum atomic E-state index is 0.0350. The SMILES string of the molecule is CC.Cc1cccc(C2=CC(C3=CC4c5ccc6ccccc6c5SC4C=C3)CC=C2)c1.NC(C1=CCCC=C1)c1ccccc1.NN. The van der Waals surface area contributed by atoms with Crippen molar-refractivity contribution in [3.05, 3.63) is 179 Å². The van der Waals surface area contributed by atoms with Gasteiger partial charge in [-0.1, -0.05) is 165 Å². The molecule has 4 heteroatoms. The summed E-state index contributed by atoms with van der Waals surface area (Å²) < 4.78 is 0. The van der Waals surface area contributed by atoms with Crippen LogP contribution < -0.4 is 17.4 Å². The van der Waals surface area contributed by atoms with E-state index in [2.05, 4.69) is 146 Å². The monoisotopic (exact) mass is 651 g/mol. The molecule has 4 unspecified atom stereocenters. The number of aryl methyl sites for hydroxylation is 1.